The van der Waals surface area contributed by atoms with Crippen molar-refractivity contribution in [2.24, 2.45) is 5.73 Å². The first-order valence-corrected chi connectivity index (χ1v) is 11.5. The third kappa shape index (κ3) is 15.9. The third-order valence-corrected chi connectivity index (χ3v) is 5.66. The maximum atomic E-state index is 10.4. The summed E-state index contributed by atoms with van der Waals surface area (Å²) in [6, 6.07) is 0. The van der Waals surface area contributed by atoms with Crippen molar-refractivity contribution in [2.45, 2.75) is 148 Å². The summed E-state index contributed by atoms with van der Waals surface area (Å²) in [4.78, 5) is 0. The van der Waals surface area contributed by atoms with Gasteiger partial charge in [-0.1, -0.05) is 117 Å². The van der Waals surface area contributed by atoms with Crippen molar-refractivity contribution in [3.05, 3.63) is 0 Å². The number of aliphatic hydroxyl groups excluding tert-OH is 1. The monoisotopic (exact) mass is 355 g/mol. The normalized spacial score (nSPS) is 15.2. The predicted octanol–water partition coefficient (Wildman–Crippen LogP) is 7.13. The van der Waals surface area contributed by atoms with Gasteiger partial charge in [0.05, 0.1) is 6.10 Å². The smallest absolute Gasteiger partial charge is 0.0716 e. The van der Waals surface area contributed by atoms with Crippen LogP contribution in [0.1, 0.15) is 136 Å². The second-order valence-corrected chi connectivity index (χ2v) is 8.51. The highest BCUT2D eigenvalue weighted by Gasteiger charge is 2.27. The Balaban J connectivity index is 3.54. The summed E-state index contributed by atoms with van der Waals surface area (Å²) in [5.74, 6) is 0. The molecule has 0 amide bonds. The summed E-state index contributed by atoms with van der Waals surface area (Å²) in [5, 5.41) is 10.4. The van der Waals surface area contributed by atoms with Crippen molar-refractivity contribution in [1.29, 1.82) is 0 Å². The minimum Gasteiger partial charge on any atom is -0.391 e. The molecule has 0 aliphatic heterocycles. The number of hydrogen-bond acceptors (Lipinski definition) is 2. The van der Waals surface area contributed by atoms with Crippen LogP contribution in [0.2, 0.25) is 0 Å². The molecular weight excluding hydrogens is 306 g/mol. The second kappa shape index (κ2) is 17.3. The molecule has 0 saturated heterocycles. The van der Waals surface area contributed by atoms with Gasteiger partial charge in [0.1, 0.15) is 0 Å². The van der Waals surface area contributed by atoms with Gasteiger partial charge in [-0.2, -0.15) is 0 Å². The van der Waals surface area contributed by atoms with Crippen LogP contribution < -0.4 is 5.73 Å². The summed E-state index contributed by atoms with van der Waals surface area (Å²) in [7, 11) is 0. The van der Waals surface area contributed by atoms with E-state index in [1.54, 1.807) is 0 Å². The van der Waals surface area contributed by atoms with Gasteiger partial charge in [-0.3, -0.25) is 0 Å². The van der Waals surface area contributed by atoms with E-state index in [-0.39, 0.29) is 6.10 Å². The lowest BCUT2D eigenvalue weighted by Crippen LogP contribution is -2.48. The number of aliphatic hydroxyl groups is 1. The Hall–Kier alpha value is -0.0800. The zero-order valence-corrected chi connectivity index (χ0v) is 17.8. The van der Waals surface area contributed by atoms with Crippen molar-refractivity contribution >= 4 is 0 Å². The van der Waals surface area contributed by atoms with Gasteiger partial charge in [-0.05, 0) is 19.8 Å². The minimum atomic E-state index is -0.399. The average molecular weight is 356 g/mol. The summed E-state index contributed by atoms with van der Waals surface area (Å²) in [6.07, 6.45) is 22.6. The van der Waals surface area contributed by atoms with Crippen LogP contribution in [0.5, 0.6) is 0 Å². The quantitative estimate of drug-likeness (QED) is 0.242. The Morgan fingerprint density at radius 1 is 0.640 bits per heavy atom. The summed E-state index contributed by atoms with van der Waals surface area (Å²) in [6.45, 7) is 6.57. The van der Waals surface area contributed by atoms with Gasteiger partial charge >= 0.3 is 0 Å². The largest absolute Gasteiger partial charge is 0.391 e. The van der Waals surface area contributed by atoms with Crippen LogP contribution >= 0.6 is 0 Å². The van der Waals surface area contributed by atoms with E-state index >= 15 is 0 Å². The number of unbranched alkanes of at least 4 members (excludes halogenated alkanes) is 14. The molecule has 0 fully saturated rings. The van der Waals surface area contributed by atoms with Crippen molar-refractivity contribution in [3.8, 4) is 0 Å². The summed E-state index contributed by atoms with van der Waals surface area (Å²) >= 11 is 0. The Morgan fingerprint density at radius 3 is 1.44 bits per heavy atom. The first-order valence-electron chi connectivity index (χ1n) is 11.5. The van der Waals surface area contributed by atoms with E-state index in [4.69, 9.17) is 5.73 Å². The Bertz CT molecular complexity index is 265. The molecule has 2 heteroatoms. The van der Waals surface area contributed by atoms with Crippen LogP contribution in [-0.2, 0) is 0 Å². The van der Waals surface area contributed by atoms with Crippen molar-refractivity contribution in [3.63, 3.8) is 0 Å². The molecule has 0 aromatic heterocycles. The molecule has 3 N–H and O–H groups in total. The Labute approximate surface area is 159 Å². The molecule has 0 aliphatic carbocycles. The fraction of sp³-hybridized carbons (Fsp3) is 1.00. The van der Waals surface area contributed by atoms with Gasteiger partial charge in [0, 0.05) is 5.54 Å². The maximum absolute atomic E-state index is 10.4. The van der Waals surface area contributed by atoms with Crippen LogP contribution in [-0.4, -0.2) is 16.7 Å². The molecule has 2 atom stereocenters. The molecule has 0 aromatic rings. The second-order valence-electron chi connectivity index (χ2n) is 8.51. The molecule has 2 nitrogen and oxygen atoms in total. The fourth-order valence-electron chi connectivity index (χ4n) is 3.61. The highest BCUT2D eigenvalue weighted by molar-refractivity contribution is 4.86. The number of hydrogen-bond donors (Lipinski definition) is 2. The number of nitrogens with two attached hydrogens (primary N) is 1. The van der Waals surface area contributed by atoms with E-state index in [0.717, 1.165) is 25.7 Å². The molecule has 25 heavy (non-hydrogen) atoms. The third-order valence-electron chi connectivity index (χ3n) is 5.66. The maximum Gasteiger partial charge on any atom is 0.0716 e. The SMILES string of the molecule is CCCCCCCCCCC(O)C(C)(N)CCCCCCCCCC. The van der Waals surface area contributed by atoms with Gasteiger partial charge in [0.25, 0.3) is 0 Å². The van der Waals surface area contributed by atoms with Crippen LogP contribution in [0.4, 0.5) is 0 Å². The van der Waals surface area contributed by atoms with E-state index in [9.17, 15) is 5.11 Å². The van der Waals surface area contributed by atoms with E-state index in [2.05, 4.69) is 13.8 Å². The Kier molecular flexibility index (Phi) is 17.3. The fourth-order valence-corrected chi connectivity index (χ4v) is 3.61. The molecule has 0 aromatic carbocycles. The highest BCUT2D eigenvalue weighted by atomic mass is 16.3. The van der Waals surface area contributed by atoms with Gasteiger partial charge in [0.15, 0.2) is 0 Å². The standard InChI is InChI=1S/C23H49NO/c1-4-6-8-10-12-14-16-18-20-22(25)23(3,24)21-19-17-15-13-11-9-7-5-2/h22,25H,4-21,24H2,1-3H3. The van der Waals surface area contributed by atoms with E-state index in [1.165, 1.54) is 89.9 Å². The Morgan fingerprint density at radius 2 is 1.00 bits per heavy atom. The van der Waals surface area contributed by atoms with Crippen molar-refractivity contribution in [2.75, 3.05) is 0 Å². The molecule has 0 saturated carbocycles. The lowest BCUT2D eigenvalue weighted by atomic mass is 9.86. The zero-order chi connectivity index (χ0) is 18.8. The predicted molar refractivity (Wildman–Crippen MR) is 113 cm³/mol. The van der Waals surface area contributed by atoms with E-state index < -0.39 is 5.54 Å². The molecule has 152 valence electrons. The zero-order valence-electron chi connectivity index (χ0n) is 17.8. The number of rotatable bonds is 19. The average Bonchev–Trinajstić information content (AvgIpc) is 2.59. The summed E-state index contributed by atoms with van der Waals surface area (Å²) in [5.41, 5.74) is 5.99. The molecule has 0 aliphatic rings. The summed E-state index contributed by atoms with van der Waals surface area (Å²) < 4.78 is 0. The molecule has 0 heterocycles. The minimum absolute atomic E-state index is 0.336. The van der Waals surface area contributed by atoms with Crippen molar-refractivity contribution < 1.29 is 5.11 Å². The lowest BCUT2D eigenvalue weighted by molar-refractivity contribution is 0.0763. The van der Waals surface area contributed by atoms with Gasteiger partial charge in [-0.15, -0.1) is 0 Å². The molecule has 0 bridgehead atoms. The van der Waals surface area contributed by atoms with E-state index in [1.807, 2.05) is 6.92 Å². The molecule has 0 radical (unpaired) electrons. The van der Waals surface area contributed by atoms with Crippen LogP contribution in [0.25, 0.3) is 0 Å². The highest BCUT2D eigenvalue weighted by Crippen LogP contribution is 2.21. The van der Waals surface area contributed by atoms with Crippen LogP contribution in [0.3, 0.4) is 0 Å². The first-order chi connectivity index (χ1) is 12.0. The van der Waals surface area contributed by atoms with Gasteiger partial charge < -0.3 is 10.8 Å². The topological polar surface area (TPSA) is 46.2 Å². The molecule has 0 rings (SSSR count). The molecule has 2 unspecified atom stereocenters. The van der Waals surface area contributed by atoms with Crippen molar-refractivity contribution in [1.82, 2.24) is 0 Å². The van der Waals surface area contributed by atoms with Gasteiger partial charge in [-0.25, -0.2) is 0 Å². The molecule has 0 spiro atoms. The van der Waals surface area contributed by atoms with Crippen LogP contribution in [0.15, 0.2) is 0 Å². The van der Waals surface area contributed by atoms with Gasteiger partial charge in [0.2, 0.25) is 0 Å². The lowest BCUT2D eigenvalue weighted by Gasteiger charge is -2.30. The van der Waals surface area contributed by atoms with Crippen LogP contribution in [0, 0.1) is 0 Å². The molecular formula is C23H49NO. The first kappa shape index (κ1) is 24.9. The van der Waals surface area contributed by atoms with E-state index in [0.29, 0.717) is 0 Å².